The minimum atomic E-state index is -4.25. The zero-order valence-electron chi connectivity index (χ0n) is 10.0. The van der Waals surface area contributed by atoms with E-state index in [1.807, 2.05) is 0 Å². The Morgan fingerprint density at radius 3 is 2.15 bits per heavy atom. The van der Waals surface area contributed by atoms with Crippen molar-refractivity contribution >= 4 is 68.0 Å². The van der Waals surface area contributed by atoms with Crippen molar-refractivity contribution in [2.45, 2.75) is 12.2 Å². The van der Waals surface area contributed by atoms with Gasteiger partial charge in [-0.15, -0.1) is 36.2 Å². The van der Waals surface area contributed by atoms with Gasteiger partial charge in [-0.1, -0.05) is 0 Å². The van der Waals surface area contributed by atoms with Crippen molar-refractivity contribution < 1.29 is 13.2 Å². The molecule has 0 aliphatic carbocycles. The van der Waals surface area contributed by atoms with Crippen LogP contribution in [0.3, 0.4) is 0 Å². The maximum absolute atomic E-state index is 13.2. The molecule has 1 atom stereocenters. The molecule has 0 bridgehead atoms. The number of nitrogens with zero attached hydrogens (tertiary/aromatic N) is 1. The highest BCUT2D eigenvalue weighted by Gasteiger charge is 2.45. The summed E-state index contributed by atoms with van der Waals surface area (Å²) in [5, 5.41) is 3.06. The summed E-state index contributed by atoms with van der Waals surface area (Å²) in [7, 11) is 0. The van der Waals surface area contributed by atoms with E-state index >= 15 is 0 Å². The first kappa shape index (κ1) is 20.9. The predicted octanol–water partition coefficient (Wildman–Crippen LogP) is 4.63. The summed E-state index contributed by atoms with van der Waals surface area (Å²) in [6.45, 7) is 2.02. The van der Waals surface area contributed by atoms with Gasteiger partial charge in [0.1, 0.15) is 6.04 Å². The van der Waals surface area contributed by atoms with E-state index in [0.717, 1.165) is 11.3 Å². The van der Waals surface area contributed by atoms with Crippen LogP contribution in [0, 0.1) is 0 Å². The normalized spacial score (nSPS) is 18.1. The zero-order valence-corrected chi connectivity index (χ0v) is 15.7. The average Bonchev–Trinajstić information content (AvgIpc) is 2.58. The standard InChI is InChI=1S/C10H11Br2F3N2S.2ClH/c11-6-5-7(18-9(6)12)8(10(13,14)15)17-3-1-16-2-4-17;;/h5,8,16H,1-4H2;2*1H/t8-;;/m0../s1. The first-order valence-corrected chi connectivity index (χ1v) is 7.76. The molecule has 20 heavy (non-hydrogen) atoms. The van der Waals surface area contributed by atoms with E-state index in [2.05, 4.69) is 37.2 Å². The van der Waals surface area contributed by atoms with Gasteiger partial charge in [0.2, 0.25) is 0 Å². The minimum absolute atomic E-state index is 0. The molecule has 0 spiro atoms. The van der Waals surface area contributed by atoms with Crippen molar-refractivity contribution in [2.75, 3.05) is 26.2 Å². The van der Waals surface area contributed by atoms with Crippen LogP contribution in [0.5, 0.6) is 0 Å². The summed E-state index contributed by atoms with van der Waals surface area (Å²) < 4.78 is 41.1. The SMILES string of the molecule is Cl.Cl.FC(F)(F)[C@H](c1cc(Br)c(Br)s1)N1CCNCC1. The second-order valence-electron chi connectivity index (χ2n) is 4.00. The van der Waals surface area contributed by atoms with Crippen LogP contribution in [0.15, 0.2) is 14.3 Å². The van der Waals surface area contributed by atoms with Gasteiger partial charge in [0.05, 0.1) is 3.79 Å². The molecule has 1 aliphatic rings. The number of nitrogens with one attached hydrogen (secondary N) is 1. The molecule has 0 aromatic carbocycles. The number of hydrogen-bond donors (Lipinski definition) is 1. The third-order valence-corrected chi connectivity index (χ3v) is 6.07. The Morgan fingerprint density at radius 1 is 1.20 bits per heavy atom. The summed E-state index contributed by atoms with van der Waals surface area (Å²) >= 11 is 7.62. The molecule has 0 amide bonds. The van der Waals surface area contributed by atoms with Crippen molar-refractivity contribution in [2.24, 2.45) is 0 Å². The second kappa shape index (κ2) is 8.55. The van der Waals surface area contributed by atoms with E-state index in [0.29, 0.717) is 39.3 Å². The number of rotatable bonds is 2. The minimum Gasteiger partial charge on any atom is -0.314 e. The molecule has 1 N–H and O–H groups in total. The maximum atomic E-state index is 13.2. The highest BCUT2D eigenvalue weighted by atomic mass is 79.9. The molecule has 0 radical (unpaired) electrons. The number of alkyl halides is 3. The van der Waals surface area contributed by atoms with E-state index in [1.54, 1.807) is 6.07 Å². The Hall–Kier alpha value is 0.950. The molecule has 1 aromatic heterocycles. The Bertz CT molecular complexity index is 406. The summed E-state index contributed by atoms with van der Waals surface area (Å²) in [6, 6.07) is 0.0433. The number of hydrogen-bond acceptors (Lipinski definition) is 3. The van der Waals surface area contributed by atoms with Crippen LogP contribution in [0.25, 0.3) is 0 Å². The molecule has 10 heteroatoms. The molecule has 2 heterocycles. The van der Waals surface area contributed by atoms with Crippen LogP contribution < -0.4 is 5.32 Å². The Labute approximate surface area is 148 Å². The lowest BCUT2D eigenvalue weighted by Gasteiger charge is -2.35. The fraction of sp³-hybridized carbons (Fsp3) is 0.600. The van der Waals surface area contributed by atoms with Crippen molar-refractivity contribution in [1.82, 2.24) is 10.2 Å². The smallest absolute Gasteiger partial charge is 0.314 e. The molecule has 0 saturated carbocycles. The molecule has 0 unspecified atom stereocenters. The third kappa shape index (κ3) is 5.00. The van der Waals surface area contributed by atoms with Crippen LogP contribution in [0.2, 0.25) is 0 Å². The van der Waals surface area contributed by atoms with Gasteiger partial charge >= 0.3 is 6.18 Å². The molecule has 1 aromatic rings. The van der Waals surface area contributed by atoms with Gasteiger partial charge in [0, 0.05) is 35.5 Å². The molecular weight excluding hydrogens is 468 g/mol. The van der Waals surface area contributed by atoms with Crippen LogP contribution >= 0.6 is 68.0 Å². The fourth-order valence-electron chi connectivity index (χ4n) is 1.99. The number of piperazine rings is 1. The van der Waals surface area contributed by atoms with E-state index in [4.69, 9.17) is 0 Å². The van der Waals surface area contributed by atoms with Crippen LogP contribution in [0.4, 0.5) is 13.2 Å². The maximum Gasteiger partial charge on any atom is 0.408 e. The van der Waals surface area contributed by atoms with Gasteiger partial charge in [0.25, 0.3) is 0 Å². The second-order valence-corrected chi connectivity index (χ2v) is 7.26. The highest BCUT2D eigenvalue weighted by molar-refractivity contribution is 9.13. The number of halogens is 7. The van der Waals surface area contributed by atoms with Gasteiger partial charge in [-0.25, -0.2) is 0 Å². The molecule has 2 rings (SSSR count). The first-order chi connectivity index (χ1) is 8.39. The van der Waals surface area contributed by atoms with Crippen molar-refractivity contribution in [3.05, 3.63) is 19.2 Å². The van der Waals surface area contributed by atoms with Gasteiger partial charge in [-0.3, -0.25) is 4.90 Å². The highest BCUT2D eigenvalue weighted by Crippen LogP contribution is 2.44. The van der Waals surface area contributed by atoms with Crippen molar-refractivity contribution in [3.8, 4) is 0 Å². The summed E-state index contributed by atoms with van der Waals surface area (Å²) in [4.78, 5) is 1.81. The summed E-state index contributed by atoms with van der Waals surface area (Å²) in [5.74, 6) is 0. The molecular formula is C10H13Br2Cl2F3N2S. The molecule has 1 saturated heterocycles. The van der Waals surface area contributed by atoms with Gasteiger partial charge < -0.3 is 5.32 Å². The van der Waals surface area contributed by atoms with Crippen LogP contribution in [-0.2, 0) is 0 Å². The zero-order chi connectivity index (χ0) is 13.3. The predicted molar refractivity (Wildman–Crippen MR) is 87.5 cm³/mol. The molecule has 1 aliphatic heterocycles. The average molecular weight is 481 g/mol. The van der Waals surface area contributed by atoms with E-state index in [-0.39, 0.29) is 24.8 Å². The van der Waals surface area contributed by atoms with Gasteiger partial charge in [0.15, 0.2) is 0 Å². The first-order valence-electron chi connectivity index (χ1n) is 5.36. The van der Waals surface area contributed by atoms with Crippen LogP contribution in [0.1, 0.15) is 10.9 Å². The van der Waals surface area contributed by atoms with E-state index in [1.165, 1.54) is 4.90 Å². The lowest BCUT2D eigenvalue weighted by molar-refractivity contribution is -0.186. The fourth-order valence-corrected chi connectivity index (χ4v) is 4.24. The molecule has 2 nitrogen and oxygen atoms in total. The summed E-state index contributed by atoms with van der Waals surface area (Å²) in [5.41, 5.74) is 0. The molecule has 118 valence electrons. The Balaban J connectivity index is 0.00000180. The van der Waals surface area contributed by atoms with Gasteiger partial charge in [-0.05, 0) is 37.9 Å². The van der Waals surface area contributed by atoms with E-state index < -0.39 is 12.2 Å². The quantitative estimate of drug-likeness (QED) is 0.664. The van der Waals surface area contributed by atoms with Crippen molar-refractivity contribution in [1.29, 1.82) is 0 Å². The Morgan fingerprint density at radius 2 is 1.75 bits per heavy atom. The Kier molecular flexibility index (Phi) is 8.95. The largest absolute Gasteiger partial charge is 0.408 e. The van der Waals surface area contributed by atoms with Crippen LogP contribution in [-0.4, -0.2) is 37.3 Å². The monoisotopic (exact) mass is 478 g/mol. The lowest BCUT2D eigenvalue weighted by Crippen LogP contribution is -2.48. The number of thiophene rings is 1. The summed E-state index contributed by atoms with van der Waals surface area (Å²) in [6.07, 6.45) is -4.25. The molecule has 1 fully saturated rings. The lowest BCUT2D eigenvalue weighted by atomic mass is 10.1. The van der Waals surface area contributed by atoms with Crippen molar-refractivity contribution in [3.63, 3.8) is 0 Å². The topological polar surface area (TPSA) is 15.3 Å². The third-order valence-electron chi connectivity index (χ3n) is 2.76. The van der Waals surface area contributed by atoms with E-state index in [9.17, 15) is 13.2 Å². The van der Waals surface area contributed by atoms with Gasteiger partial charge in [-0.2, -0.15) is 13.2 Å².